The number of hydrogen-bond donors (Lipinski definition) is 3. The molecule has 0 aliphatic rings. The third-order valence-corrected chi connectivity index (χ3v) is 3.78. The van der Waals surface area contributed by atoms with Crippen molar-refractivity contribution in [3.63, 3.8) is 0 Å². The summed E-state index contributed by atoms with van der Waals surface area (Å²) in [5.41, 5.74) is 5.35. The van der Waals surface area contributed by atoms with Gasteiger partial charge >= 0.3 is 18.1 Å². The lowest BCUT2D eigenvalue weighted by Crippen LogP contribution is -2.25. The molecule has 152 valence electrons. The second-order valence-corrected chi connectivity index (χ2v) is 5.80. The van der Waals surface area contributed by atoms with Gasteiger partial charge in [0, 0.05) is 6.20 Å². The number of aromatic hydroxyl groups is 1. The van der Waals surface area contributed by atoms with Crippen molar-refractivity contribution in [2.45, 2.75) is 12.9 Å². The minimum absolute atomic E-state index is 0.0349. The van der Waals surface area contributed by atoms with Gasteiger partial charge in [-0.2, -0.15) is 0 Å². The van der Waals surface area contributed by atoms with Crippen LogP contribution in [-0.2, 0) is 6.54 Å². The normalized spacial score (nSPS) is 11.3. The fraction of sp³-hybridized carbons (Fsp3) is 0.118. The maximum atomic E-state index is 12.7. The van der Waals surface area contributed by atoms with E-state index in [1.165, 1.54) is 24.5 Å². The molecule has 0 unspecified atom stereocenters. The summed E-state index contributed by atoms with van der Waals surface area (Å²) in [6.45, 7) is -0.0349. The fourth-order valence-electron chi connectivity index (χ4n) is 2.62. The highest BCUT2D eigenvalue weighted by Gasteiger charge is 2.31. The highest BCUT2D eigenvalue weighted by Crippen LogP contribution is 2.25. The van der Waals surface area contributed by atoms with E-state index in [4.69, 9.17) is 5.73 Å². The second-order valence-electron chi connectivity index (χ2n) is 5.80. The molecule has 3 aromatic rings. The molecule has 0 spiro atoms. The molecule has 0 fully saturated rings. The summed E-state index contributed by atoms with van der Waals surface area (Å²) in [7, 11) is 0. The Labute approximate surface area is 160 Å². The molecular formula is C17H14F3N5O4. The lowest BCUT2D eigenvalue weighted by atomic mass is 10.2. The Morgan fingerprint density at radius 2 is 1.93 bits per heavy atom. The number of nitrogens with two attached hydrogens (primary N) is 1. The van der Waals surface area contributed by atoms with Crippen molar-refractivity contribution in [1.29, 1.82) is 0 Å². The number of benzene rings is 1. The first kappa shape index (κ1) is 19.8. The lowest BCUT2D eigenvalue weighted by molar-refractivity contribution is -0.274. The molecule has 9 nitrogen and oxygen atoms in total. The van der Waals surface area contributed by atoms with Gasteiger partial charge in [0.15, 0.2) is 0 Å². The Morgan fingerprint density at radius 1 is 1.24 bits per heavy atom. The van der Waals surface area contributed by atoms with Crippen LogP contribution in [0.1, 0.15) is 5.56 Å². The number of pyridine rings is 1. The molecule has 12 heteroatoms. The smallest absolute Gasteiger partial charge is 0.493 e. The van der Waals surface area contributed by atoms with Gasteiger partial charge in [-0.25, -0.2) is 14.2 Å². The Bertz CT molecular complexity index is 1090. The number of carbonyl (C=O) groups is 1. The number of nitrogens with zero attached hydrogens (tertiary/aromatic N) is 3. The largest absolute Gasteiger partial charge is 0.573 e. The number of nitrogens with one attached hydrogen (secondary N) is 1. The van der Waals surface area contributed by atoms with E-state index in [0.717, 1.165) is 27.5 Å². The van der Waals surface area contributed by atoms with Crippen molar-refractivity contribution in [3.05, 3.63) is 65.0 Å². The van der Waals surface area contributed by atoms with Crippen molar-refractivity contribution in [3.8, 4) is 17.3 Å². The van der Waals surface area contributed by atoms with Crippen LogP contribution in [0.3, 0.4) is 0 Å². The molecule has 0 saturated carbocycles. The molecule has 3 rings (SSSR count). The van der Waals surface area contributed by atoms with E-state index in [-0.39, 0.29) is 17.9 Å². The van der Waals surface area contributed by atoms with Gasteiger partial charge < -0.3 is 20.9 Å². The summed E-state index contributed by atoms with van der Waals surface area (Å²) >= 11 is 0. The number of halogens is 3. The number of urea groups is 1. The van der Waals surface area contributed by atoms with Gasteiger partial charge in [0.05, 0.1) is 30.3 Å². The molecule has 2 aromatic heterocycles. The average molecular weight is 409 g/mol. The molecule has 2 heterocycles. The number of aromatic nitrogens is 3. The minimum atomic E-state index is -4.84. The minimum Gasteiger partial charge on any atom is -0.493 e. The number of imidazole rings is 1. The van der Waals surface area contributed by atoms with Crippen molar-refractivity contribution in [1.82, 2.24) is 14.1 Å². The Hall–Kier alpha value is -3.96. The SMILES string of the molecule is NC(=O)Nc1cnccc1Cn1cc(O)n(-c2ccc(OC(F)(F)F)cc2)c1=O. The molecule has 0 aliphatic carbocycles. The monoisotopic (exact) mass is 409 g/mol. The van der Waals surface area contributed by atoms with E-state index >= 15 is 0 Å². The average Bonchev–Trinajstić information content (AvgIpc) is 2.89. The third kappa shape index (κ3) is 4.66. The highest BCUT2D eigenvalue weighted by atomic mass is 19.4. The van der Waals surface area contributed by atoms with Gasteiger partial charge in [0.2, 0.25) is 5.88 Å². The van der Waals surface area contributed by atoms with E-state index in [9.17, 15) is 27.9 Å². The molecule has 29 heavy (non-hydrogen) atoms. The first-order chi connectivity index (χ1) is 13.6. The first-order valence-electron chi connectivity index (χ1n) is 8.01. The number of amides is 2. The Kier molecular flexibility index (Phi) is 5.17. The van der Waals surface area contributed by atoms with Gasteiger partial charge in [0.25, 0.3) is 0 Å². The van der Waals surface area contributed by atoms with E-state index in [1.54, 1.807) is 6.07 Å². The number of primary amides is 1. The van der Waals surface area contributed by atoms with Crippen LogP contribution in [0.15, 0.2) is 53.7 Å². The van der Waals surface area contributed by atoms with Crippen LogP contribution < -0.4 is 21.5 Å². The summed E-state index contributed by atoms with van der Waals surface area (Å²) in [5.74, 6) is -0.898. The first-order valence-corrected chi connectivity index (χ1v) is 8.01. The van der Waals surface area contributed by atoms with Crippen LogP contribution in [0.2, 0.25) is 0 Å². The molecule has 0 radical (unpaired) electrons. The molecule has 0 aliphatic heterocycles. The maximum absolute atomic E-state index is 12.7. The Morgan fingerprint density at radius 3 is 2.55 bits per heavy atom. The van der Waals surface area contributed by atoms with Crippen molar-refractivity contribution < 1.29 is 27.8 Å². The van der Waals surface area contributed by atoms with Gasteiger partial charge in [0.1, 0.15) is 5.75 Å². The number of rotatable bonds is 5. The predicted octanol–water partition coefficient (Wildman–Crippen LogP) is 2.18. The van der Waals surface area contributed by atoms with Crippen LogP contribution in [0.4, 0.5) is 23.7 Å². The van der Waals surface area contributed by atoms with Gasteiger partial charge in [-0.1, -0.05) is 0 Å². The molecule has 2 amide bonds. The maximum Gasteiger partial charge on any atom is 0.573 e. The second kappa shape index (κ2) is 7.58. The highest BCUT2D eigenvalue weighted by molar-refractivity contribution is 5.88. The number of alkyl halides is 3. The number of anilines is 1. The van der Waals surface area contributed by atoms with Crippen molar-refractivity contribution >= 4 is 11.7 Å². The molecule has 0 atom stereocenters. The van der Waals surface area contributed by atoms with Crippen molar-refractivity contribution in [2.24, 2.45) is 5.73 Å². The van der Waals surface area contributed by atoms with Gasteiger partial charge in [-0.3, -0.25) is 9.55 Å². The summed E-state index contributed by atoms with van der Waals surface area (Å²) in [6, 6.07) is 5.16. The summed E-state index contributed by atoms with van der Waals surface area (Å²) in [5, 5.41) is 12.5. The van der Waals surface area contributed by atoms with E-state index in [2.05, 4.69) is 15.0 Å². The summed E-state index contributed by atoms with van der Waals surface area (Å²) < 4.78 is 42.6. The standard InChI is InChI=1S/C17H14F3N5O4/c18-17(19,20)29-12-3-1-11(2-4-12)25-14(26)9-24(16(25)28)8-10-5-6-22-7-13(10)23-15(21)27/h1-7,9,26H,8H2,(H3,21,23,27). The number of carbonyl (C=O) groups excluding carboxylic acids is 1. The fourth-order valence-corrected chi connectivity index (χ4v) is 2.62. The predicted molar refractivity (Wildman–Crippen MR) is 94.9 cm³/mol. The van der Waals surface area contributed by atoms with Crippen molar-refractivity contribution in [2.75, 3.05) is 5.32 Å². The Balaban J connectivity index is 1.90. The zero-order valence-electron chi connectivity index (χ0n) is 14.6. The quantitative estimate of drug-likeness (QED) is 0.596. The zero-order chi connectivity index (χ0) is 21.2. The van der Waals surface area contributed by atoms with Gasteiger partial charge in [-0.05, 0) is 35.9 Å². The summed E-state index contributed by atoms with van der Waals surface area (Å²) in [6.07, 6.45) is -0.897. The van der Waals surface area contributed by atoms with E-state index in [0.29, 0.717) is 5.56 Å². The molecule has 1 aromatic carbocycles. The number of ether oxygens (including phenoxy) is 1. The zero-order valence-corrected chi connectivity index (χ0v) is 14.6. The summed E-state index contributed by atoms with van der Waals surface area (Å²) in [4.78, 5) is 27.6. The van der Waals surface area contributed by atoms with Crippen LogP contribution >= 0.6 is 0 Å². The topological polar surface area (TPSA) is 124 Å². The molecule has 4 N–H and O–H groups in total. The van der Waals surface area contributed by atoms with Crippen LogP contribution in [0, 0.1) is 0 Å². The van der Waals surface area contributed by atoms with Crippen LogP contribution in [-0.4, -0.2) is 31.6 Å². The molecule has 0 bridgehead atoms. The molecular weight excluding hydrogens is 395 g/mol. The third-order valence-electron chi connectivity index (χ3n) is 3.78. The van der Waals surface area contributed by atoms with Gasteiger partial charge in [-0.15, -0.1) is 13.2 Å². The molecule has 0 saturated heterocycles. The van der Waals surface area contributed by atoms with E-state index < -0.39 is 29.7 Å². The van der Waals surface area contributed by atoms with Crippen LogP contribution in [0.5, 0.6) is 11.6 Å². The lowest BCUT2D eigenvalue weighted by Gasteiger charge is -2.10. The van der Waals surface area contributed by atoms with Crippen LogP contribution in [0.25, 0.3) is 5.69 Å². The van der Waals surface area contributed by atoms with E-state index in [1.807, 2.05) is 0 Å². The number of hydrogen-bond acceptors (Lipinski definition) is 5.